The van der Waals surface area contributed by atoms with Crippen LogP contribution in [0.3, 0.4) is 0 Å². The van der Waals surface area contributed by atoms with E-state index in [1.165, 1.54) is 0 Å². The number of aliphatic carboxylic acids is 1. The Morgan fingerprint density at radius 1 is 1.18 bits per heavy atom. The SMILES string of the molecule is O=C(O)C(CS)SSC(CS)C(=O)OCCO. The molecule has 100 valence electrons. The highest BCUT2D eigenvalue weighted by atomic mass is 33.1. The van der Waals surface area contributed by atoms with Crippen molar-refractivity contribution in [2.75, 3.05) is 24.7 Å². The maximum absolute atomic E-state index is 11.4. The molecule has 0 aliphatic rings. The van der Waals surface area contributed by atoms with Crippen LogP contribution >= 0.6 is 46.8 Å². The summed E-state index contributed by atoms with van der Waals surface area (Å²) in [7, 11) is 2.15. The van der Waals surface area contributed by atoms with Crippen LogP contribution in [0.25, 0.3) is 0 Å². The second-order valence-electron chi connectivity index (χ2n) is 2.76. The van der Waals surface area contributed by atoms with Gasteiger partial charge >= 0.3 is 11.9 Å². The minimum Gasteiger partial charge on any atom is -0.480 e. The largest absolute Gasteiger partial charge is 0.480 e. The number of carbonyl (C=O) groups excluding carboxylic acids is 1. The number of ether oxygens (including phenoxy) is 1. The third-order valence-corrected chi connectivity index (χ3v) is 5.75. The van der Waals surface area contributed by atoms with Gasteiger partial charge in [-0.3, -0.25) is 9.59 Å². The monoisotopic (exact) mass is 318 g/mol. The van der Waals surface area contributed by atoms with Gasteiger partial charge in [0.15, 0.2) is 0 Å². The van der Waals surface area contributed by atoms with E-state index in [4.69, 9.17) is 14.9 Å². The molecule has 0 aromatic heterocycles. The van der Waals surface area contributed by atoms with Gasteiger partial charge in [0.05, 0.1) is 6.61 Å². The second-order valence-corrected chi connectivity index (χ2v) is 6.17. The van der Waals surface area contributed by atoms with Crippen molar-refractivity contribution in [1.82, 2.24) is 0 Å². The Morgan fingerprint density at radius 2 is 1.71 bits per heavy atom. The van der Waals surface area contributed by atoms with Gasteiger partial charge in [0.1, 0.15) is 17.1 Å². The fraction of sp³-hybridized carbons (Fsp3) is 0.750. The van der Waals surface area contributed by atoms with E-state index in [-0.39, 0.29) is 24.7 Å². The Balaban J connectivity index is 4.12. The molecule has 9 heteroatoms. The van der Waals surface area contributed by atoms with Gasteiger partial charge in [0.2, 0.25) is 0 Å². The maximum Gasteiger partial charge on any atom is 0.320 e. The number of carboxylic acid groups (broad SMARTS) is 1. The first-order chi connectivity index (χ1) is 8.06. The number of aliphatic hydroxyl groups excluding tert-OH is 1. The molecule has 2 atom stereocenters. The van der Waals surface area contributed by atoms with E-state index in [2.05, 4.69) is 25.3 Å². The molecule has 0 saturated heterocycles. The summed E-state index contributed by atoms with van der Waals surface area (Å²) >= 11 is 7.91. The summed E-state index contributed by atoms with van der Waals surface area (Å²) in [6.07, 6.45) is 0. The minimum atomic E-state index is -0.973. The minimum absolute atomic E-state index is 0.0662. The molecule has 0 spiro atoms. The van der Waals surface area contributed by atoms with Crippen LogP contribution in [0.4, 0.5) is 0 Å². The van der Waals surface area contributed by atoms with Gasteiger partial charge in [0.25, 0.3) is 0 Å². The summed E-state index contributed by atoms with van der Waals surface area (Å²) in [4.78, 5) is 22.1. The van der Waals surface area contributed by atoms with E-state index in [1.807, 2.05) is 0 Å². The highest BCUT2D eigenvalue weighted by Gasteiger charge is 2.24. The van der Waals surface area contributed by atoms with E-state index >= 15 is 0 Å². The van der Waals surface area contributed by atoms with E-state index in [0.29, 0.717) is 0 Å². The zero-order valence-corrected chi connectivity index (χ0v) is 12.2. The van der Waals surface area contributed by atoms with E-state index < -0.39 is 22.4 Å². The molecule has 0 saturated carbocycles. The lowest BCUT2D eigenvalue weighted by atomic mass is 10.5. The van der Waals surface area contributed by atoms with Gasteiger partial charge in [-0.15, -0.1) is 0 Å². The van der Waals surface area contributed by atoms with Crippen LogP contribution in [-0.4, -0.2) is 57.4 Å². The molecule has 0 amide bonds. The smallest absolute Gasteiger partial charge is 0.320 e. The Kier molecular flexibility index (Phi) is 10.4. The summed E-state index contributed by atoms with van der Waals surface area (Å²) < 4.78 is 4.73. The topological polar surface area (TPSA) is 83.8 Å². The Labute approximate surface area is 118 Å². The summed E-state index contributed by atoms with van der Waals surface area (Å²) in [5, 5.41) is 16.0. The molecule has 0 aromatic carbocycles. The Hall–Kier alpha value is 0.300. The van der Waals surface area contributed by atoms with Gasteiger partial charge in [-0.25, -0.2) is 0 Å². The van der Waals surface area contributed by atoms with Gasteiger partial charge in [-0.1, -0.05) is 21.6 Å². The van der Waals surface area contributed by atoms with Crippen LogP contribution in [0, 0.1) is 0 Å². The number of hydrogen-bond donors (Lipinski definition) is 4. The molecule has 0 aromatic rings. The Morgan fingerprint density at radius 3 is 2.12 bits per heavy atom. The number of thiol groups is 2. The number of carboxylic acids is 1. The maximum atomic E-state index is 11.4. The molecule has 0 heterocycles. The predicted octanol–water partition coefficient (Wildman–Crippen LogP) is 0.585. The number of esters is 1. The first kappa shape index (κ1) is 17.3. The summed E-state index contributed by atoms with van der Waals surface area (Å²) in [6.45, 7) is -0.305. The molecule has 2 N–H and O–H groups in total. The zero-order valence-electron chi connectivity index (χ0n) is 8.81. The van der Waals surface area contributed by atoms with Crippen molar-refractivity contribution >= 4 is 58.8 Å². The quantitative estimate of drug-likeness (QED) is 0.281. The molecule has 0 bridgehead atoms. The van der Waals surface area contributed by atoms with Gasteiger partial charge in [0, 0.05) is 11.5 Å². The second kappa shape index (κ2) is 10.2. The van der Waals surface area contributed by atoms with Crippen molar-refractivity contribution in [2.45, 2.75) is 10.5 Å². The van der Waals surface area contributed by atoms with Crippen molar-refractivity contribution in [3.05, 3.63) is 0 Å². The van der Waals surface area contributed by atoms with E-state index in [0.717, 1.165) is 21.6 Å². The summed E-state index contributed by atoms with van der Waals surface area (Å²) in [5.41, 5.74) is 0. The normalized spacial score (nSPS) is 14.1. The van der Waals surface area contributed by atoms with Crippen LogP contribution < -0.4 is 0 Å². The van der Waals surface area contributed by atoms with Crippen LogP contribution in [0.1, 0.15) is 0 Å². The molecular formula is C8H14O5S4. The van der Waals surface area contributed by atoms with Gasteiger partial charge < -0.3 is 14.9 Å². The molecule has 0 aliphatic heterocycles. The third-order valence-electron chi connectivity index (χ3n) is 1.49. The number of rotatable bonds is 9. The highest BCUT2D eigenvalue weighted by molar-refractivity contribution is 8.77. The highest BCUT2D eigenvalue weighted by Crippen LogP contribution is 2.33. The number of aliphatic hydroxyl groups is 1. The number of hydrogen-bond acceptors (Lipinski definition) is 8. The lowest BCUT2D eigenvalue weighted by Gasteiger charge is -2.14. The van der Waals surface area contributed by atoms with Crippen LogP contribution in [0.15, 0.2) is 0 Å². The van der Waals surface area contributed by atoms with Gasteiger partial charge in [-0.2, -0.15) is 25.3 Å². The molecule has 17 heavy (non-hydrogen) atoms. The Bertz CT molecular complexity index is 250. The molecule has 0 aliphatic carbocycles. The van der Waals surface area contributed by atoms with Crippen molar-refractivity contribution < 1.29 is 24.5 Å². The summed E-state index contributed by atoms with van der Waals surface area (Å²) in [5.74, 6) is -1.06. The molecule has 0 radical (unpaired) electrons. The molecule has 0 rings (SSSR count). The third kappa shape index (κ3) is 7.35. The van der Waals surface area contributed by atoms with E-state index in [1.54, 1.807) is 0 Å². The van der Waals surface area contributed by atoms with Crippen LogP contribution in [-0.2, 0) is 14.3 Å². The first-order valence-corrected chi connectivity index (χ1v) is 8.15. The lowest BCUT2D eigenvalue weighted by Crippen LogP contribution is -2.24. The van der Waals surface area contributed by atoms with Crippen molar-refractivity contribution in [3.8, 4) is 0 Å². The fourth-order valence-corrected chi connectivity index (χ4v) is 4.34. The van der Waals surface area contributed by atoms with Gasteiger partial charge in [-0.05, 0) is 0 Å². The fourth-order valence-electron chi connectivity index (χ4n) is 0.667. The molecule has 0 fully saturated rings. The van der Waals surface area contributed by atoms with Crippen LogP contribution in [0.2, 0.25) is 0 Å². The zero-order chi connectivity index (χ0) is 13.3. The predicted molar refractivity (Wildman–Crippen MR) is 76.1 cm³/mol. The van der Waals surface area contributed by atoms with Crippen molar-refractivity contribution in [3.63, 3.8) is 0 Å². The molecule has 5 nitrogen and oxygen atoms in total. The van der Waals surface area contributed by atoms with Crippen LogP contribution in [0.5, 0.6) is 0 Å². The average Bonchev–Trinajstić information content (AvgIpc) is 2.31. The summed E-state index contributed by atoms with van der Waals surface area (Å²) in [6, 6.07) is 0. The standard InChI is InChI=1S/C8H14O5S4/c9-1-2-13-8(12)6(4-15)17-16-5(3-14)7(10)11/h5-6,9,14-15H,1-4H2,(H,10,11). The van der Waals surface area contributed by atoms with Crippen molar-refractivity contribution in [2.24, 2.45) is 0 Å². The molecule has 2 unspecified atom stereocenters. The average molecular weight is 318 g/mol. The number of carbonyl (C=O) groups is 2. The molecular weight excluding hydrogens is 304 g/mol. The van der Waals surface area contributed by atoms with E-state index in [9.17, 15) is 9.59 Å². The lowest BCUT2D eigenvalue weighted by molar-refractivity contribution is -0.143. The van der Waals surface area contributed by atoms with Crippen molar-refractivity contribution in [1.29, 1.82) is 0 Å². The first-order valence-electron chi connectivity index (χ1n) is 4.61.